The first kappa shape index (κ1) is 8.88. The summed E-state index contributed by atoms with van der Waals surface area (Å²) in [5, 5.41) is 4.19. The lowest BCUT2D eigenvalue weighted by molar-refractivity contribution is 0.438. The fourth-order valence-corrected chi connectivity index (χ4v) is 1.65. The van der Waals surface area contributed by atoms with Crippen molar-refractivity contribution in [3.8, 4) is 0 Å². The van der Waals surface area contributed by atoms with E-state index in [9.17, 15) is 0 Å². The summed E-state index contributed by atoms with van der Waals surface area (Å²) in [7, 11) is 2.04. The average Bonchev–Trinajstić information content (AvgIpc) is 2.43. The molecule has 0 aliphatic carbocycles. The second-order valence-electron chi connectivity index (χ2n) is 3.45. The SMILES string of the molecule is C=C1C=C(C)N(C)N1c1ccccc1. The normalized spacial score (nSPS) is 16.1. The van der Waals surface area contributed by atoms with Gasteiger partial charge in [0, 0.05) is 12.7 Å². The number of hydrogen-bond acceptors (Lipinski definition) is 2. The quantitative estimate of drug-likeness (QED) is 0.665. The second kappa shape index (κ2) is 3.22. The van der Waals surface area contributed by atoms with E-state index in [1.165, 1.54) is 5.70 Å². The molecule has 0 amide bonds. The van der Waals surface area contributed by atoms with E-state index in [0.29, 0.717) is 0 Å². The number of benzene rings is 1. The first-order valence-electron chi connectivity index (χ1n) is 4.66. The van der Waals surface area contributed by atoms with Gasteiger partial charge in [0.2, 0.25) is 0 Å². The number of rotatable bonds is 1. The predicted molar refractivity (Wildman–Crippen MR) is 59.6 cm³/mol. The van der Waals surface area contributed by atoms with Gasteiger partial charge in [0.25, 0.3) is 0 Å². The van der Waals surface area contributed by atoms with Crippen LogP contribution in [0.25, 0.3) is 0 Å². The highest BCUT2D eigenvalue weighted by Crippen LogP contribution is 2.28. The van der Waals surface area contributed by atoms with E-state index >= 15 is 0 Å². The van der Waals surface area contributed by atoms with Crippen molar-refractivity contribution in [3.05, 3.63) is 54.4 Å². The van der Waals surface area contributed by atoms with Crippen molar-refractivity contribution >= 4 is 5.69 Å². The number of hydrogen-bond donors (Lipinski definition) is 0. The topological polar surface area (TPSA) is 6.48 Å². The second-order valence-corrected chi connectivity index (χ2v) is 3.45. The maximum Gasteiger partial charge on any atom is 0.0632 e. The first-order chi connectivity index (χ1) is 6.70. The van der Waals surface area contributed by atoms with Crippen LogP contribution in [-0.2, 0) is 0 Å². The van der Waals surface area contributed by atoms with E-state index in [-0.39, 0.29) is 0 Å². The zero-order valence-corrected chi connectivity index (χ0v) is 8.57. The summed E-state index contributed by atoms with van der Waals surface area (Å²) in [6, 6.07) is 10.2. The molecule has 0 saturated heterocycles. The van der Waals surface area contributed by atoms with Gasteiger partial charge in [-0.15, -0.1) is 0 Å². The Morgan fingerprint density at radius 3 is 2.29 bits per heavy atom. The van der Waals surface area contributed by atoms with Crippen molar-refractivity contribution in [2.75, 3.05) is 12.1 Å². The Balaban J connectivity index is 2.34. The molecule has 0 spiro atoms. The first-order valence-corrected chi connectivity index (χ1v) is 4.66. The summed E-state index contributed by atoms with van der Waals surface area (Å²) in [5.74, 6) is 0. The van der Waals surface area contributed by atoms with Crippen LogP contribution in [0.3, 0.4) is 0 Å². The molecular formula is C12H14N2. The van der Waals surface area contributed by atoms with Gasteiger partial charge in [-0.1, -0.05) is 24.8 Å². The van der Waals surface area contributed by atoms with E-state index in [4.69, 9.17) is 0 Å². The number of nitrogens with zero attached hydrogens (tertiary/aromatic N) is 2. The molecule has 0 saturated carbocycles. The molecule has 2 heteroatoms. The number of allylic oxidation sites excluding steroid dienone is 2. The highest BCUT2D eigenvalue weighted by atomic mass is 15.6. The molecule has 0 radical (unpaired) electrons. The smallest absolute Gasteiger partial charge is 0.0632 e. The lowest BCUT2D eigenvalue weighted by Crippen LogP contribution is -2.32. The lowest BCUT2D eigenvalue weighted by Gasteiger charge is -2.30. The van der Waals surface area contributed by atoms with Crippen molar-refractivity contribution in [1.82, 2.24) is 5.01 Å². The lowest BCUT2D eigenvalue weighted by atomic mass is 10.3. The Morgan fingerprint density at radius 2 is 1.79 bits per heavy atom. The Bertz CT molecular complexity index is 379. The largest absolute Gasteiger partial charge is 0.288 e. The fraction of sp³-hybridized carbons (Fsp3) is 0.167. The number of para-hydroxylation sites is 1. The van der Waals surface area contributed by atoms with Crippen molar-refractivity contribution in [2.24, 2.45) is 0 Å². The van der Waals surface area contributed by atoms with Crippen LogP contribution in [0.15, 0.2) is 54.4 Å². The Hall–Kier alpha value is -1.70. The van der Waals surface area contributed by atoms with Crippen molar-refractivity contribution in [3.63, 3.8) is 0 Å². The average molecular weight is 186 g/mol. The minimum atomic E-state index is 1.01. The van der Waals surface area contributed by atoms with Crippen LogP contribution >= 0.6 is 0 Å². The number of anilines is 1. The van der Waals surface area contributed by atoms with Crippen LogP contribution in [0, 0.1) is 0 Å². The third kappa shape index (κ3) is 1.29. The van der Waals surface area contributed by atoms with Crippen LogP contribution in [0.2, 0.25) is 0 Å². The molecule has 2 nitrogen and oxygen atoms in total. The minimum absolute atomic E-state index is 1.01. The van der Waals surface area contributed by atoms with Crippen LogP contribution in [-0.4, -0.2) is 12.1 Å². The van der Waals surface area contributed by atoms with Gasteiger partial charge in [0.1, 0.15) is 0 Å². The van der Waals surface area contributed by atoms with Crippen molar-refractivity contribution in [2.45, 2.75) is 6.92 Å². The van der Waals surface area contributed by atoms with Crippen molar-refractivity contribution in [1.29, 1.82) is 0 Å². The van der Waals surface area contributed by atoms with E-state index in [2.05, 4.69) is 41.7 Å². The molecule has 1 heterocycles. The molecule has 2 rings (SSSR count). The standard InChI is InChI=1S/C12H14N2/c1-10-9-11(2)14(13(10)3)12-7-5-4-6-8-12/h4-9H,2H2,1,3H3. The van der Waals surface area contributed by atoms with Gasteiger partial charge in [-0.05, 0) is 25.1 Å². The molecule has 1 aromatic rings. The summed E-state index contributed by atoms with van der Waals surface area (Å²) in [6.45, 7) is 6.10. The summed E-state index contributed by atoms with van der Waals surface area (Å²) in [4.78, 5) is 0. The number of hydrazine groups is 1. The Morgan fingerprint density at radius 1 is 1.14 bits per heavy atom. The summed E-state index contributed by atoms with van der Waals surface area (Å²) >= 11 is 0. The third-order valence-corrected chi connectivity index (χ3v) is 2.46. The molecule has 0 aromatic heterocycles. The molecule has 0 unspecified atom stereocenters. The van der Waals surface area contributed by atoms with Gasteiger partial charge in [0.15, 0.2) is 0 Å². The van der Waals surface area contributed by atoms with Gasteiger partial charge in [-0.2, -0.15) is 0 Å². The van der Waals surface area contributed by atoms with Gasteiger partial charge in [-0.3, -0.25) is 10.0 Å². The molecule has 0 bridgehead atoms. The molecular weight excluding hydrogens is 172 g/mol. The maximum atomic E-state index is 4.02. The molecule has 72 valence electrons. The highest BCUT2D eigenvalue weighted by Gasteiger charge is 2.20. The molecule has 0 N–H and O–H groups in total. The zero-order valence-electron chi connectivity index (χ0n) is 8.57. The molecule has 1 aliphatic heterocycles. The molecule has 1 aromatic carbocycles. The zero-order chi connectivity index (χ0) is 10.1. The monoisotopic (exact) mass is 186 g/mol. The Kier molecular flexibility index (Phi) is 2.04. The van der Waals surface area contributed by atoms with Crippen LogP contribution in [0.1, 0.15) is 6.92 Å². The van der Waals surface area contributed by atoms with Crippen LogP contribution < -0.4 is 5.01 Å². The maximum absolute atomic E-state index is 4.02. The van der Waals surface area contributed by atoms with E-state index < -0.39 is 0 Å². The van der Waals surface area contributed by atoms with Gasteiger partial charge < -0.3 is 0 Å². The van der Waals surface area contributed by atoms with Gasteiger partial charge >= 0.3 is 0 Å². The van der Waals surface area contributed by atoms with Crippen LogP contribution in [0.5, 0.6) is 0 Å². The molecule has 14 heavy (non-hydrogen) atoms. The fourth-order valence-electron chi connectivity index (χ4n) is 1.65. The van der Waals surface area contributed by atoms with E-state index in [1.807, 2.05) is 25.2 Å². The molecule has 1 aliphatic rings. The van der Waals surface area contributed by atoms with Crippen molar-refractivity contribution < 1.29 is 0 Å². The highest BCUT2D eigenvalue weighted by molar-refractivity contribution is 5.56. The summed E-state index contributed by atoms with van der Waals surface area (Å²) < 4.78 is 0. The van der Waals surface area contributed by atoms with Gasteiger partial charge in [0.05, 0.1) is 11.4 Å². The van der Waals surface area contributed by atoms with E-state index in [0.717, 1.165) is 11.4 Å². The minimum Gasteiger partial charge on any atom is -0.288 e. The molecule has 0 atom stereocenters. The summed E-state index contributed by atoms with van der Waals surface area (Å²) in [6.07, 6.45) is 2.08. The van der Waals surface area contributed by atoms with E-state index in [1.54, 1.807) is 0 Å². The third-order valence-electron chi connectivity index (χ3n) is 2.46. The van der Waals surface area contributed by atoms with Gasteiger partial charge in [-0.25, -0.2) is 0 Å². The Labute approximate surface area is 84.7 Å². The predicted octanol–water partition coefficient (Wildman–Crippen LogP) is 2.77. The molecule has 0 fully saturated rings. The summed E-state index contributed by atoms with van der Waals surface area (Å²) in [5.41, 5.74) is 3.36. The van der Waals surface area contributed by atoms with Crippen LogP contribution in [0.4, 0.5) is 5.69 Å².